The third kappa shape index (κ3) is 10.4. The zero-order valence-electron chi connectivity index (χ0n) is 19.3. The minimum atomic E-state index is -3.95. The molecule has 0 bridgehead atoms. The first-order valence-corrected chi connectivity index (χ1v) is 13.4. The Bertz CT molecular complexity index is 552. The van der Waals surface area contributed by atoms with E-state index in [1.807, 2.05) is 0 Å². The minimum absolute atomic E-state index is 0.0199. The van der Waals surface area contributed by atoms with Gasteiger partial charge in [0.2, 0.25) is 6.04 Å². The summed E-state index contributed by atoms with van der Waals surface area (Å²) in [5.74, 6) is -1.67. The lowest BCUT2D eigenvalue weighted by atomic mass is 9.91. The van der Waals surface area contributed by atoms with E-state index in [1.165, 1.54) is 85.0 Å². The number of carbonyl (C=O) groups is 1. The number of carboxylic acid groups (broad SMARTS) is 1. The molecule has 0 spiro atoms. The van der Waals surface area contributed by atoms with Crippen molar-refractivity contribution in [3.05, 3.63) is 10.1 Å². The number of nitrogens with zero attached hydrogens (tertiary/aromatic N) is 1. The summed E-state index contributed by atoms with van der Waals surface area (Å²) in [5.41, 5.74) is -1.64. The van der Waals surface area contributed by atoms with E-state index in [9.17, 15) is 24.6 Å². The monoisotopic (exact) mass is 464 g/mol. The lowest BCUT2D eigenvalue weighted by Gasteiger charge is -2.27. The molecule has 182 valence electrons. The number of hydrogen-bond acceptors (Lipinski definition) is 7. The van der Waals surface area contributed by atoms with Gasteiger partial charge in [-0.05, 0) is 65.2 Å². The first-order valence-electron chi connectivity index (χ1n) is 11.8. The topological polar surface area (TPSA) is 135 Å². The van der Waals surface area contributed by atoms with E-state index >= 15 is 0 Å². The Morgan fingerprint density at radius 3 is 1.74 bits per heavy atom. The van der Waals surface area contributed by atoms with Crippen molar-refractivity contribution >= 4 is 13.6 Å². The maximum Gasteiger partial charge on any atom is 0.339 e. The Labute approximate surface area is 186 Å². The SMILES string of the molecule is C1CCC([NH2+]C2CCCCC2)CC1.CCOP(=O)(OCC)C(CC(C)[N+](=O)[O-])C(=O)[O-]. The van der Waals surface area contributed by atoms with E-state index in [4.69, 9.17) is 9.05 Å². The molecule has 0 aliphatic heterocycles. The van der Waals surface area contributed by atoms with E-state index in [1.54, 1.807) is 0 Å². The molecule has 31 heavy (non-hydrogen) atoms. The van der Waals surface area contributed by atoms with Gasteiger partial charge in [0.1, 0.15) is 5.66 Å². The first-order chi connectivity index (χ1) is 14.7. The van der Waals surface area contributed by atoms with Crippen LogP contribution in [0.3, 0.4) is 0 Å². The van der Waals surface area contributed by atoms with Gasteiger partial charge in [-0.3, -0.25) is 14.7 Å². The fourth-order valence-corrected chi connectivity index (χ4v) is 6.35. The summed E-state index contributed by atoms with van der Waals surface area (Å²) in [6, 6.07) is 0.816. The molecule has 2 saturated carbocycles. The van der Waals surface area contributed by atoms with Crippen LogP contribution in [-0.4, -0.2) is 47.9 Å². The minimum Gasteiger partial charge on any atom is -0.549 e. The fraction of sp³-hybridized carbons (Fsp3) is 0.952. The average Bonchev–Trinajstić information content (AvgIpc) is 2.73. The van der Waals surface area contributed by atoms with Gasteiger partial charge in [-0.25, -0.2) is 0 Å². The number of rotatable bonds is 11. The van der Waals surface area contributed by atoms with Crippen LogP contribution in [0.4, 0.5) is 0 Å². The average molecular weight is 465 g/mol. The predicted molar refractivity (Wildman–Crippen MR) is 116 cm³/mol. The Balaban J connectivity index is 0.000000323. The lowest BCUT2D eigenvalue weighted by Crippen LogP contribution is -2.95. The summed E-state index contributed by atoms with van der Waals surface area (Å²) in [6.45, 7) is 4.23. The van der Waals surface area contributed by atoms with Gasteiger partial charge in [0.15, 0.2) is 0 Å². The standard InChI is InChI=1S/C12H23N.C9H18NO7P/c1-3-7-11(8-4-1)13-12-9-5-2-6-10-12;1-4-16-18(15,17-5-2)8(9(11)12)6-7(3)10(13)14/h11-13H,1-10H2;7-8H,4-6H2,1-3H3,(H,11,12). The van der Waals surface area contributed by atoms with Crippen molar-refractivity contribution in [2.24, 2.45) is 0 Å². The van der Waals surface area contributed by atoms with Gasteiger partial charge in [-0.15, -0.1) is 0 Å². The van der Waals surface area contributed by atoms with E-state index in [-0.39, 0.29) is 13.2 Å². The van der Waals surface area contributed by atoms with Crippen LogP contribution in [0.25, 0.3) is 0 Å². The van der Waals surface area contributed by atoms with Crippen molar-refractivity contribution in [2.45, 2.75) is 115 Å². The lowest BCUT2D eigenvalue weighted by molar-refractivity contribution is -0.725. The Morgan fingerprint density at radius 1 is 1.00 bits per heavy atom. The van der Waals surface area contributed by atoms with Crippen LogP contribution in [-0.2, 0) is 18.4 Å². The van der Waals surface area contributed by atoms with Gasteiger partial charge in [0.25, 0.3) is 0 Å². The van der Waals surface area contributed by atoms with E-state index < -0.39 is 36.6 Å². The summed E-state index contributed by atoms with van der Waals surface area (Å²) in [4.78, 5) is 20.9. The summed E-state index contributed by atoms with van der Waals surface area (Å²) >= 11 is 0. The van der Waals surface area contributed by atoms with Gasteiger partial charge in [0.05, 0.1) is 31.3 Å². The van der Waals surface area contributed by atoms with Crippen LogP contribution < -0.4 is 10.4 Å². The molecule has 2 fully saturated rings. The second-order valence-electron chi connectivity index (χ2n) is 8.57. The molecule has 0 aromatic carbocycles. The molecular weight excluding hydrogens is 423 g/mol. The Kier molecular flexibility index (Phi) is 13.5. The molecule has 0 radical (unpaired) electrons. The highest BCUT2D eigenvalue weighted by Gasteiger charge is 2.39. The molecular formula is C21H41N2O7P. The van der Waals surface area contributed by atoms with Crippen molar-refractivity contribution in [1.29, 1.82) is 0 Å². The van der Waals surface area contributed by atoms with Crippen molar-refractivity contribution in [3.63, 3.8) is 0 Å². The molecule has 0 saturated heterocycles. The normalized spacial score (nSPS) is 20.4. The zero-order chi connectivity index (χ0) is 23.3. The number of carbonyl (C=O) groups excluding carboxylic acids is 1. The number of quaternary nitrogens is 1. The van der Waals surface area contributed by atoms with Crippen LogP contribution in [0, 0.1) is 10.1 Å². The molecule has 10 heteroatoms. The molecule has 0 heterocycles. The second kappa shape index (κ2) is 14.9. The molecule has 2 aliphatic carbocycles. The summed E-state index contributed by atoms with van der Waals surface area (Å²) < 4.78 is 22.0. The molecule has 2 atom stereocenters. The highest BCUT2D eigenvalue weighted by atomic mass is 31.2. The molecule has 0 amide bonds. The fourth-order valence-electron chi connectivity index (χ4n) is 4.38. The molecule has 0 aromatic heterocycles. The number of aliphatic carboxylic acids is 1. The van der Waals surface area contributed by atoms with Crippen molar-refractivity contribution in [3.8, 4) is 0 Å². The molecule has 0 aromatic rings. The number of nitrogens with two attached hydrogens (primary N) is 1. The van der Waals surface area contributed by atoms with Crippen LogP contribution in [0.15, 0.2) is 0 Å². The first kappa shape index (κ1) is 28.0. The van der Waals surface area contributed by atoms with Crippen LogP contribution in [0.2, 0.25) is 0 Å². The van der Waals surface area contributed by atoms with Gasteiger partial charge >= 0.3 is 7.60 Å². The maximum absolute atomic E-state index is 12.2. The maximum atomic E-state index is 12.2. The molecule has 2 unspecified atom stereocenters. The van der Waals surface area contributed by atoms with Gasteiger partial charge in [-0.1, -0.05) is 12.8 Å². The zero-order valence-corrected chi connectivity index (χ0v) is 20.2. The van der Waals surface area contributed by atoms with E-state index in [0.717, 1.165) is 12.1 Å². The third-order valence-corrected chi connectivity index (χ3v) is 8.46. The number of carboxylic acids is 1. The van der Waals surface area contributed by atoms with Crippen molar-refractivity contribution in [1.82, 2.24) is 0 Å². The highest BCUT2D eigenvalue weighted by molar-refractivity contribution is 7.55. The molecule has 2 rings (SSSR count). The summed E-state index contributed by atoms with van der Waals surface area (Å²) in [7, 11) is -3.95. The molecule has 2 aliphatic rings. The predicted octanol–water partition coefficient (Wildman–Crippen LogP) is 2.64. The quantitative estimate of drug-likeness (QED) is 0.282. The number of hydrogen-bond donors (Lipinski definition) is 1. The van der Waals surface area contributed by atoms with Gasteiger partial charge in [-0.2, -0.15) is 0 Å². The van der Waals surface area contributed by atoms with Crippen molar-refractivity contribution in [2.75, 3.05) is 13.2 Å². The Morgan fingerprint density at radius 2 is 1.42 bits per heavy atom. The van der Waals surface area contributed by atoms with Gasteiger partial charge < -0.3 is 24.3 Å². The van der Waals surface area contributed by atoms with Crippen LogP contribution >= 0.6 is 7.60 Å². The Hall–Kier alpha value is -1.02. The van der Waals surface area contributed by atoms with E-state index in [0.29, 0.717) is 0 Å². The van der Waals surface area contributed by atoms with Crippen molar-refractivity contribution < 1.29 is 33.8 Å². The van der Waals surface area contributed by atoms with E-state index in [2.05, 4.69) is 5.32 Å². The smallest absolute Gasteiger partial charge is 0.339 e. The third-order valence-electron chi connectivity index (χ3n) is 6.04. The number of nitro groups is 1. The van der Waals surface area contributed by atoms with Crippen LogP contribution in [0.5, 0.6) is 0 Å². The molecule has 9 nitrogen and oxygen atoms in total. The van der Waals surface area contributed by atoms with Crippen LogP contribution in [0.1, 0.15) is 91.4 Å². The molecule has 2 N–H and O–H groups in total. The summed E-state index contributed by atoms with van der Waals surface area (Å²) in [6.07, 6.45) is 14.5. The summed E-state index contributed by atoms with van der Waals surface area (Å²) in [5, 5.41) is 24.2. The highest BCUT2D eigenvalue weighted by Crippen LogP contribution is 2.54. The second-order valence-corrected chi connectivity index (χ2v) is 10.8. The van der Waals surface area contributed by atoms with Gasteiger partial charge in [0, 0.05) is 18.3 Å². The largest absolute Gasteiger partial charge is 0.549 e.